The molecule has 1 radical (unpaired) electrons. The SMILES string of the molecule is CC1=Cc2c(cccc2-c2ccc(Cc3ccccc3)cc2)[CH]1.[Cl][Zr][Cl]. The summed E-state index contributed by atoms with van der Waals surface area (Å²) in [6.07, 6.45) is 5.52. The Morgan fingerprint density at radius 1 is 0.769 bits per heavy atom. The van der Waals surface area contributed by atoms with Gasteiger partial charge in [0, 0.05) is 6.42 Å². The van der Waals surface area contributed by atoms with Crippen LogP contribution in [-0.4, -0.2) is 0 Å². The van der Waals surface area contributed by atoms with E-state index in [1.54, 1.807) is 0 Å². The molecule has 1 aliphatic carbocycles. The summed E-state index contributed by atoms with van der Waals surface area (Å²) in [7, 11) is 9.87. The minimum absolute atomic E-state index is 0.826. The summed E-state index contributed by atoms with van der Waals surface area (Å²) >= 11 is -0.826. The summed E-state index contributed by atoms with van der Waals surface area (Å²) in [6.45, 7) is 2.16. The third kappa shape index (κ3) is 4.98. The molecule has 0 nitrogen and oxygen atoms in total. The Morgan fingerprint density at radius 3 is 2.12 bits per heavy atom. The maximum absolute atomic E-state index is 4.93. The van der Waals surface area contributed by atoms with Gasteiger partial charge in [-0.2, -0.15) is 0 Å². The van der Waals surface area contributed by atoms with Gasteiger partial charge in [0.25, 0.3) is 0 Å². The maximum atomic E-state index is 4.93. The second kappa shape index (κ2) is 9.70. The molecule has 0 unspecified atom stereocenters. The van der Waals surface area contributed by atoms with Crippen molar-refractivity contribution in [3.8, 4) is 11.1 Å². The molecule has 0 fully saturated rings. The summed E-state index contributed by atoms with van der Waals surface area (Å²) in [5.41, 5.74) is 9.32. The first-order valence-corrected chi connectivity index (χ1v) is 14.8. The zero-order valence-electron chi connectivity index (χ0n) is 14.5. The van der Waals surface area contributed by atoms with Crippen molar-refractivity contribution in [2.45, 2.75) is 13.3 Å². The number of hydrogen-bond acceptors (Lipinski definition) is 0. The average molecular weight is 458 g/mol. The first kappa shape index (κ1) is 19.6. The Hall–Kier alpha value is -1.14. The van der Waals surface area contributed by atoms with Crippen molar-refractivity contribution in [1.82, 2.24) is 0 Å². The topological polar surface area (TPSA) is 0 Å². The van der Waals surface area contributed by atoms with Crippen LogP contribution in [0, 0.1) is 6.42 Å². The molecule has 0 saturated carbocycles. The van der Waals surface area contributed by atoms with E-state index in [1.807, 2.05) is 0 Å². The number of benzene rings is 3. The van der Waals surface area contributed by atoms with E-state index in [1.165, 1.54) is 39.0 Å². The number of fused-ring (bicyclic) bond motifs is 1. The van der Waals surface area contributed by atoms with Gasteiger partial charge in [-0.05, 0) is 46.7 Å². The molecule has 1 aliphatic rings. The van der Waals surface area contributed by atoms with Gasteiger partial charge in [0.2, 0.25) is 0 Å². The molecule has 0 saturated heterocycles. The number of hydrogen-bond donors (Lipinski definition) is 0. The molecular formula is C23H19Cl2Zr. The van der Waals surface area contributed by atoms with Gasteiger partial charge < -0.3 is 0 Å². The van der Waals surface area contributed by atoms with Crippen molar-refractivity contribution in [2.24, 2.45) is 0 Å². The van der Waals surface area contributed by atoms with Crippen LogP contribution in [-0.2, 0) is 27.3 Å². The van der Waals surface area contributed by atoms with Gasteiger partial charge in [0.15, 0.2) is 0 Å². The summed E-state index contributed by atoms with van der Waals surface area (Å²) in [5.74, 6) is 0. The van der Waals surface area contributed by atoms with E-state index < -0.39 is 20.8 Å². The van der Waals surface area contributed by atoms with Crippen LogP contribution in [0.15, 0.2) is 78.4 Å². The van der Waals surface area contributed by atoms with E-state index in [4.69, 9.17) is 17.0 Å². The van der Waals surface area contributed by atoms with Gasteiger partial charge in [-0.15, -0.1) is 0 Å². The van der Waals surface area contributed by atoms with E-state index in [0.717, 1.165) is 6.42 Å². The van der Waals surface area contributed by atoms with Crippen LogP contribution < -0.4 is 0 Å². The van der Waals surface area contributed by atoms with Crippen molar-refractivity contribution in [2.75, 3.05) is 0 Å². The number of rotatable bonds is 3. The molecule has 0 atom stereocenters. The van der Waals surface area contributed by atoms with Gasteiger partial charge in [0.05, 0.1) is 0 Å². The first-order valence-electron chi connectivity index (χ1n) is 8.47. The Labute approximate surface area is 174 Å². The molecule has 0 aromatic heterocycles. The molecule has 0 spiro atoms. The quantitative estimate of drug-likeness (QED) is 0.387. The molecule has 0 aliphatic heterocycles. The van der Waals surface area contributed by atoms with E-state index >= 15 is 0 Å². The van der Waals surface area contributed by atoms with Crippen LogP contribution in [0.3, 0.4) is 0 Å². The third-order valence-electron chi connectivity index (χ3n) is 4.41. The number of allylic oxidation sites excluding steroid dienone is 1. The van der Waals surface area contributed by atoms with Crippen LogP contribution >= 0.6 is 17.0 Å². The predicted octanol–water partition coefficient (Wildman–Crippen LogP) is 7.29. The molecule has 0 N–H and O–H groups in total. The van der Waals surface area contributed by atoms with Gasteiger partial charge in [-0.25, -0.2) is 0 Å². The Kier molecular flexibility index (Phi) is 7.32. The monoisotopic (exact) mass is 455 g/mol. The zero-order valence-corrected chi connectivity index (χ0v) is 18.5. The third-order valence-corrected chi connectivity index (χ3v) is 4.41. The van der Waals surface area contributed by atoms with E-state index in [-0.39, 0.29) is 0 Å². The average Bonchev–Trinajstić information content (AvgIpc) is 3.04. The normalized spacial score (nSPS) is 11.9. The predicted molar refractivity (Wildman–Crippen MR) is 110 cm³/mol. The molecule has 3 aromatic rings. The molecular weight excluding hydrogens is 438 g/mol. The molecule has 129 valence electrons. The van der Waals surface area contributed by atoms with Crippen LogP contribution in [0.5, 0.6) is 0 Å². The Morgan fingerprint density at radius 2 is 1.42 bits per heavy atom. The van der Waals surface area contributed by atoms with E-state index in [9.17, 15) is 0 Å². The molecule has 26 heavy (non-hydrogen) atoms. The van der Waals surface area contributed by atoms with Crippen LogP contribution in [0.25, 0.3) is 17.2 Å². The van der Waals surface area contributed by atoms with E-state index in [2.05, 4.69) is 92.2 Å². The molecule has 0 heterocycles. The van der Waals surface area contributed by atoms with Crippen molar-refractivity contribution in [1.29, 1.82) is 0 Å². The second-order valence-corrected chi connectivity index (χ2v) is 10.0. The van der Waals surface area contributed by atoms with Crippen LogP contribution in [0.4, 0.5) is 0 Å². The Balaban J connectivity index is 0.000000613. The zero-order chi connectivity index (χ0) is 18.4. The summed E-state index contributed by atoms with van der Waals surface area (Å²) in [5, 5.41) is 0. The van der Waals surface area contributed by atoms with Crippen molar-refractivity contribution >= 4 is 23.1 Å². The first-order chi connectivity index (χ1) is 12.7. The van der Waals surface area contributed by atoms with Crippen molar-refractivity contribution in [3.63, 3.8) is 0 Å². The fourth-order valence-corrected chi connectivity index (χ4v) is 3.27. The van der Waals surface area contributed by atoms with Gasteiger partial charge in [0.1, 0.15) is 0 Å². The summed E-state index contributed by atoms with van der Waals surface area (Å²) in [4.78, 5) is 0. The Bertz CT molecular complexity index is 884. The van der Waals surface area contributed by atoms with Crippen molar-refractivity contribution in [3.05, 3.63) is 107 Å². The van der Waals surface area contributed by atoms with Gasteiger partial charge in [-0.1, -0.05) is 84.4 Å². The van der Waals surface area contributed by atoms with Crippen LogP contribution in [0.1, 0.15) is 29.2 Å². The van der Waals surface area contributed by atoms with E-state index in [0.29, 0.717) is 0 Å². The van der Waals surface area contributed by atoms with Crippen LogP contribution in [0.2, 0.25) is 0 Å². The molecule has 3 aromatic carbocycles. The molecule has 0 amide bonds. The molecule has 4 rings (SSSR count). The standard InChI is InChI=1S/C23H19.2ClH.Zr/c1-17-14-21-8-5-9-22(23(21)15-17)20-12-10-19(11-13-20)16-18-6-3-2-4-7-18;;;/h2-15H,16H2,1H3;2*1H;/q;;;+2/p-2. The second-order valence-electron chi connectivity index (χ2n) is 6.27. The number of halogens is 2. The van der Waals surface area contributed by atoms with Crippen molar-refractivity contribution < 1.29 is 20.8 Å². The summed E-state index contributed by atoms with van der Waals surface area (Å²) in [6, 6.07) is 26.2. The fourth-order valence-electron chi connectivity index (χ4n) is 3.27. The van der Waals surface area contributed by atoms with Gasteiger partial charge in [-0.3, -0.25) is 0 Å². The molecule has 0 bridgehead atoms. The minimum atomic E-state index is -0.826. The fraction of sp³-hybridized carbons (Fsp3) is 0.0870. The van der Waals surface area contributed by atoms with Gasteiger partial charge >= 0.3 is 37.9 Å². The summed E-state index contributed by atoms with van der Waals surface area (Å²) < 4.78 is 0. The molecule has 3 heteroatoms.